The van der Waals surface area contributed by atoms with Gasteiger partial charge in [0.25, 0.3) is 5.91 Å². The first kappa shape index (κ1) is 18.8. The van der Waals surface area contributed by atoms with E-state index in [1.165, 1.54) is 4.90 Å². The van der Waals surface area contributed by atoms with Crippen LogP contribution in [0, 0.1) is 15.9 Å². The van der Waals surface area contributed by atoms with Crippen LogP contribution in [0.3, 0.4) is 0 Å². The number of fused-ring (bicyclic) bond motifs is 1. The lowest BCUT2D eigenvalue weighted by Gasteiger charge is -2.36. The fourth-order valence-corrected chi connectivity index (χ4v) is 3.70. The van der Waals surface area contributed by atoms with Gasteiger partial charge in [-0.2, -0.15) is 4.39 Å². The van der Waals surface area contributed by atoms with Crippen molar-refractivity contribution in [2.24, 2.45) is 0 Å². The molecule has 0 radical (unpaired) electrons. The molecule has 2 aromatic rings. The van der Waals surface area contributed by atoms with E-state index in [0.29, 0.717) is 13.0 Å². The maximum atomic E-state index is 13.8. The summed E-state index contributed by atoms with van der Waals surface area (Å²) in [5.74, 6) is -1.74. The Morgan fingerprint density at radius 2 is 2.15 bits per heavy atom. The smallest absolute Gasteiger partial charge is 0.307 e. The standard InChI is InChI=1S/C17H13BrClFN2O4/c18-11-2-1-9-3-4-21(15(8-23)12(9)7-11)17(24)10-5-13(19)16(20)14(6-10)22(25)26/h1-2,5-7,15,23H,3-4,8H2. The highest BCUT2D eigenvalue weighted by Crippen LogP contribution is 2.34. The van der Waals surface area contributed by atoms with E-state index < -0.39 is 33.4 Å². The lowest BCUT2D eigenvalue weighted by Crippen LogP contribution is -2.41. The minimum Gasteiger partial charge on any atom is -0.394 e. The number of aliphatic hydroxyl groups is 1. The summed E-state index contributed by atoms with van der Waals surface area (Å²) in [5, 5.41) is 20.3. The van der Waals surface area contributed by atoms with Crippen molar-refractivity contribution in [3.8, 4) is 0 Å². The second-order valence-corrected chi connectivity index (χ2v) is 7.16. The molecule has 0 fully saturated rings. The molecule has 9 heteroatoms. The molecule has 1 amide bonds. The van der Waals surface area contributed by atoms with Gasteiger partial charge in [-0.05, 0) is 35.7 Å². The monoisotopic (exact) mass is 442 g/mol. The van der Waals surface area contributed by atoms with Gasteiger partial charge in [0.15, 0.2) is 0 Å². The maximum Gasteiger partial charge on any atom is 0.307 e. The second kappa shape index (κ2) is 7.30. The Balaban J connectivity index is 2.01. The van der Waals surface area contributed by atoms with Crippen LogP contribution >= 0.6 is 27.5 Å². The minimum absolute atomic E-state index is 0.0972. The average Bonchev–Trinajstić information content (AvgIpc) is 2.61. The third-order valence-corrected chi connectivity index (χ3v) is 5.12. The van der Waals surface area contributed by atoms with Gasteiger partial charge in [-0.1, -0.05) is 33.6 Å². The van der Waals surface area contributed by atoms with Crippen molar-refractivity contribution in [2.45, 2.75) is 12.5 Å². The zero-order chi connectivity index (χ0) is 19.0. The summed E-state index contributed by atoms with van der Waals surface area (Å²) < 4.78 is 14.6. The van der Waals surface area contributed by atoms with Crippen LogP contribution in [0.25, 0.3) is 0 Å². The number of aliphatic hydroxyl groups excluding tert-OH is 1. The Kier molecular flexibility index (Phi) is 5.27. The number of benzene rings is 2. The molecular formula is C17H13BrClFN2O4. The van der Waals surface area contributed by atoms with Crippen molar-refractivity contribution in [1.82, 2.24) is 4.90 Å². The second-order valence-electron chi connectivity index (χ2n) is 5.84. The third kappa shape index (κ3) is 3.32. The van der Waals surface area contributed by atoms with E-state index in [1.54, 1.807) is 0 Å². The van der Waals surface area contributed by atoms with Gasteiger partial charge in [-0.3, -0.25) is 14.9 Å². The van der Waals surface area contributed by atoms with Crippen molar-refractivity contribution >= 4 is 39.1 Å². The average molecular weight is 444 g/mol. The maximum absolute atomic E-state index is 13.8. The molecule has 0 aliphatic carbocycles. The predicted molar refractivity (Wildman–Crippen MR) is 96.8 cm³/mol. The van der Waals surface area contributed by atoms with Crippen molar-refractivity contribution < 1.29 is 19.2 Å². The number of nitro benzene ring substituents is 1. The number of nitro groups is 1. The van der Waals surface area contributed by atoms with Crippen LogP contribution in [0.5, 0.6) is 0 Å². The highest BCUT2D eigenvalue weighted by atomic mass is 79.9. The lowest BCUT2D eigenvalue weighted by atomic mass is 9.92. The fraction of sp³-hybridized carbons (Fsp3) is 0.235. The molecular weight excluding hydrogens is 431 g/mol. The SMILES string of the molecule is O=C(c1cc(Cl)c(F)c([N+](=O)[O-])c1)N1CCc2ccc(Br)cc2C1CO. The van der Waals surface area contributed by atoms with Crippen molar-refractivity contribution in [1.29, 1.82) is 0 Å². The van der Waals surface area contributed by atoms with E-state index in [9.17, 15) is 24.4 Å². The van der Waals surface area contributed by atoms with E-state index in [-0.39, 0.29) is 12.2 Å². The zero-order valence-corrected chi connectivity index (χ0v) is 15.6. The van der Waals surface area contributed by atoms with Crippen molar-refractivity contribution in [2.75, 3.05) is 13.2 Å². The van der Waals surface area contributed by atoms with Gasteiger partial charge in [0.05, 0.1) is 22.6 Å². The highest BCUT2D eigenvalue weighted by molar-refractivity contribution is 9.10. The first-order chi connectivity index (χ1) is 12.3. The van der Waals surface area contributed by atoms with Crippen LogP contribution in [0.15, 0.2) is 34.8 Å². The molecule has 1 atom stereocenters. The lowest BCUT2D eigenvalue weighted by molar-refractivity contribution is -0.387. The van der Waals surface area contributed by atoms with E-state index >= 15 is 0 Å². The third-order valence-electron chi connectivity index (χ3n) is 4.35. The van der Waals surface area contributed by atoms with E-state index in [2.05, 4.69) is 15.9 Å². The molecule has 0 saturated carbocycles. The van der Waals surface area contributed by atoms with Crippen LogP contribution < -0.4 is 0 Å². The highest BCUT2D eigenvalue weighted by Gasteiger charge is 2.32. The summed E-state index contributed by atoms with van der Waals surface area (Å²) in [7, 11) is 0. The normalized spacial score (nSPS) is 16.3. The zero-order valence-electron chi connectivity index (χ0n) is 13.3. The molecule has 1 N–H and O–H groups in total. The van der Waals surface area contributed by atoms with Gasteiger partial charge >= 0.3 is 5.69 Å². The van der Waals surface area contributed by atoms with E-state index in [0.717, 1.165) is 27.7 Å². The number of rotatable bonds is 3. The van der Waals surface area contributed by atoms with Gasteiger partial charge < -0.3 is 10.0 Å². The predicted octanol–water partition coefficient (Wildman–Crippen LogP) is 3.88. The van der Waals surface area contributed by atoms with Crippen LogP contribution in [-0.2, 0) is 6.42 Å². The topological polar surface area (TPSA) is 83.7 Å². The fourth-order valence-electron chi connectivity index (χ4n) is 3.10. The largest absolute Gasteiger partial charge is 0.394 e. The summed E-state index contributed by atoms with van der Waals surface area (Å²) >= 11 is 9.09. The molecule has 0 bridgehead atoms. The summed E-state index contributed by atoms with van der Waals surface area (Å²) in [4.78, 5) is 24.4. The molecule has 1 heterocycles. The molecule has 1 unspecified atom stereocenters. The van der Waals surface area contributed by atoms with Crippen LogP contribution in [0.1, 0.15) is 27.5 Å². The van der Waals surface area contributed by atoms with Crippen molar-refractivity contribution in [3.05, 3.63) is 72.4 Å². The molecule has 0 aromatic heterocycles. The van der Waals surface area contributed by atoms with Crippen LogP contribution in [0.4, 0.5) is 10.1 Å². The number of carbonyl (C=O) groups excluding carboxylic acids is 1. The van der Waals surface area contributed by atoms with Crippen LogP contribution in [0.2, 0.25) is 5.02 Å². The number of amides is 1. The molecule has 3 rings (SSSR count). The summed E-state index contributed by atoms with van der Waals surface area (Å²) in [6.45, 7) is 0.00764. The van der Waals surface area contributed by atoms with Gasteiger partial charge in [-0.15, -0.1) is 0 Å². The van der Waals surface area contributed by atoms with Crippen molar-refractivity contribution in [3.63, 3.8) is 0 Å². The van der Waals surface area contributed by atoms with Gasteiger partial charge in [0.2, 0.25) is 5.82 Å². The Morgan fingerprint density at radius 3 is 2.81 bits per heavy atom. The first-order valence-corrected chi connectivity index (χ1v) is 8.84. The number of carbonyl (C=O) groups is 1. The Labute approximate surface area is 161 Å². The first-order valence-electron chi connectivity index (χ1n) is 7.67. The quantitative estimate of drug-likeness (QED) is 0.576. The molecule has 136 valence electrons. The Hall–Kier alpha value is -2.03. The summed E-state index contributed by atoms with van der Waals surface area (Å²) in [6, 6.07) is 6.96. The minimum atomic E-state index is -1.18. The summed E-state index contributed by atoms with van der Waals surface area (Å²) in [5.41, 5.74) is 0.852. The Bertz CT molecular complexity index is 909. The van der Waals surface area contributed by atoms with Gasteiger partial charge in [0.1, 0.15) is 0 Å². The molecule has 0 saturated heterocycles. The van der Waals surface area contributed by atoms with Crippen LogP contribution in [-0.4, -0.2) is 34.0 Å². The number of hydrogen-bond acceptors (Lipinski definition) is 4. The van der Waals surface area contributed by atoms with E-state index in [1.807, 2.05) is 18.2 Å². The molecule has 6 nitrogen and oxygen atoms in total. The molecule has 2 aromatic carbocycles. The van der Waals surface area contributed by atoms with Gasteiger partial charge in [0, 0.05) is 22.6 Å². The summed E-state index contributed by atoms with van der Waals surface area (Å²) in [6.07, 6.45) is 0.571. The molecule has 0 spiro atoms. The molecule has 1 aliphatic rings. The number of hydrogen-bond donors (Lipinski definition) is 1. The van der Waals surface area contributed by atoms with E-state index in [4.69, 9.17) is 11.6 Å². The van der Waals surface area contributed by atoms with Gasteiger partial charge in [-0.25, -0.2) is 0 Å². The number of nitrogens with zero attached hydrogens (tertiary/aromatic N) is 2. The molecule has 1 aliphatic heterocycles. The number of halogens is 3. The Morgan fingerprint density at radius 1 is 1.42 bits per heavy atom. The molecule has 26 heavy (non-hydrogen) atoms.